The van der Waals surface area contributed by atoms with Gasteiger partial charge in [0.1, 0.15) is 11.6 Å². The lowest BCUT2D eigenvalue weighted by Gasteiger charge is -2.07. The van der Waals surface area contributed by atoms with Gasteiger partial charge in [0.05, 0.1) is 5.75 Å². The van der Waals surface area contributed by atoms with Gasteiger partial charge >= 0.3 is 0 Å². The maximum Gasteiger partial charge on any atom is 0.210 e. The first-order valence-corrected chi connectivity index (χ1v) is 9.18. The summed E-state index contributed by atoms with van der Waals surface area (Å²) in [6.45, 7) is 1.52. The Labute approximate surface area is 160 Å². The van der Waals surface area contributed by atoms with Crippen LogP contribution in [0.5, 0.6) is 0 Å². The molecule has 2 aromatic carbocycles. The van der Waals surface area contributed by atoms with Gasteiger partial charge in [0.25, 0.3) is 0 Å². The van der Waals surface area contributed by atoms with Crippen LogP contribution >= 0.6 is 11.8 Å². The number of aromatic nitrogens is 3. The Morgan fingerprint density at radius 3 is 2.70 bits per heavy atom. The second-order valence-corrected chi connectivity index (χ2v) is 6.91. The first-order valence-electron chi connectivity index (χ1n) is 8.19. The third-order valence-electron chi connectivity index (χ3n) is 4.08. The third kappa shape index (κ3) is 3.93. The van der Waals surface area contributed by atoms with E-state index in [0.717, 1.165) is 28.1 Å². The van der Waals surface area contributed by atoms with Gasteiger partial charge < -0.3 is 11.6 Å². The molecule has 0 bridgehead atoms. The van der Waals surface area contributed by atoms with Gasteiger partial charge in [-0.2, -0.15) is 5.26 Å². The number of ketones is 1. The number of hydrogen-bond acceptors (Lipinski definition) is 7. The normalized spacial score (nSPS) is 11.9. The van der Waals surface area contributed by atoms with Crippen molar-refractivity contribution in [2.75, 3.05) is 11.6 Å². The zero-order valence-corrected chi connectivity index (χ0v) is 15.5. The average molecular weight is 378 g/mol. The molecule has 0 aliphatic rings. The molecular weight excluding hydrogens is 360 g/mol. The van der Waals surface area contributed by atoms with Gasteiger partial charge in [-0.3, -0.25) is 4.79 Å². The minimum atomic E-state index is -0.360. The van der Waals surface area contributed by atoms with E-state index in [1.165, 1.54) is 11.6 Å². The number of Topliss-reactive ketones (excluding diaryl/α,β-unsaturated/α-hetero) is 1. The number of nitrogens with two attached hydrogens (primary N) is 2. The van der Waals surface area contributed by atoms with E-state index in [1.807, 2.05) is 30.3 Å². The summed E-state index contributed by atoms with van der Waals surface area (Å²) in [5.74, 6) is 6.35. The third-order valence-corrected chi connectivity index (χ3v) is 5.02. The van der Waals surface area contributed by atoms with Crippen LogP contribution < -0.4 is 11.6 Å². The van der Waals surface area contributed by atoms with Crippen LogP contribution in [-0.4, -0.2) is 26.4 Å². The summed E-state index contributed by atoms with van der Waals surface area (Å²) in [4.78, 5) is 12.1. The predicted octanol–water partition coefficient (Wildman–Crippen LogP) is 2.15. The van der Waals surface area contributed by atoms with E-state index in [4.69, 9.17) is 16.8 Å². The number of allylic oxidation sites excluding steroid dienone is 2. The van der Waals surface area contributed by atoms with Crippen LogP contribution in [0.15, 0.2) is 58.9 Å². The van der Waals surface area contributed by atoms with Crippen molar-refractivity contribution >= 4 is 28.3 Å². The molecule has 7 nitrogen and oxygen atoms in total. The number of carbonyl (C=O) groups is 1. The van der Waals surface area contributed by atoms with E-state index in [0.29, 0.717) is 17.4 Å². The van der Waals surface area contributed by atoms with Gasteiger partial charge in [-0.1, -0.05) is 54.2 Å². The Morgan fingerprint density at radius 1 is 1.22 bits per heavy atom. The maximum absolute atomic E-state index is 12.1. The number of nitrogens with zero attached hydrogens (tertiary/aromatic N) is 4. The van der Waals surface area contributed by atoms with Crippen LogP contribution in [0.1, 0.15) is 18.3 Å². The molecule has 3 rings (SSSR count). The molecule has 136 valence electrons. The first kappa shape index (κ1) is 18.5. The molecule has 1 aromatic heterocycles. The fraction of sp³-hybridized carbons (Fsp3) is 0.158. The van der Waals surface area contributed by atoms with Crippen LogP contribution in [-0.2, 0) is 11.2 Å². The predicted molar refractivity (Wildman–Crippen MR) is 105 cm³/mol. The largest absolute Gasteiger partial charge is 0.401 e. The van der Waals surface area contributed by atoms with Gasteiger partial charge in [0, 0.05) is 12.1 Å². The van der Waals surface area contributed by atoms with Crippen LogP contribution in [0.25, 0.3) is 10.8 Å². The number of benzene rings is 2. The standard InChI is InChI=1S/C19H18N6OS/c1-12(21)16(10-20)17(26)11-27-19-24-23-18(25(19)22)9-14-7-4-6-13-5-2-3-8-15(13)14/h2-8H,9,11,21-22H2,1H3. The fourth-order valence-electron chi connectivity index (χ4n) is 2.72. The molecule has 0 atom stereocenters. The molecule has 0 fully saturated rings. The van der Waals surface area contributed by atoms with Crippen LogP contribution in [0, 0.1) is 11.3 Å². The van der Waals surface area contributed by atoms with Crippen molar-refractivity contribution in [3.63, 3.8) is 0 Å². The van der Waals surface area contributed by atoms with Crippen molar-refractivity contribution in [1.82, 2.24) is 14.9 Å². The Hall–Kier alpha value is -3.31. The Balaban J connectivity index is 1.77. The topological polar surface area (TPSA) is 124 Å². The molecular formula is C19H18N6OS. The zero-order chi connectivity index (χ0) is 19.4. The van der Waals surface area contributed by atoms with Crippen molar-refractivity contribution in [2.24, 2.45) is 5.73 Å². The lowest BCUT2D eigenvalue weighted by molar-refractivity contribution is -0.112. The highest BCUT2D eigenvalue weighted by molar-refractivity contribution is 7.99. The molecule has 27 heavy (non-hydrogen) atoms. The summed E-state index contributed by atoms with van der Waals surface area (Å²) in [5, 5.41) is 19.9. The highest BCUT2D eigenvalue weighted by atomic mass is 32.2. The first-order chi connectivity index (χ1) is 13.0. The maximum atomic E-state index is 12.1. The van der Waals surface area contributed by atoms with E-state index in [-0.39, 0.29) is 22.8 Å². The molecule has 0 aliphatic heterocycles. The smallest absolute Gasteiger partial charge is 0.210 e. The van der Waals surface area contributed by atoms with E-state index in [2.05, 4.69) is 28.4 Å². The molecule has 0 spiro atoms. The van der Waals surface area contributed by atoms with E-state index in [1.54, 1.807) is 0 Å². The number of nitrogen functional groups attached to an aromatic ring is 1. The summed E-state index contributed by atoms with van der Waals surface area (Å²) >= 11 is 1.13. The monoisotopic (exact) mass is 378 g/mol. The van der Waals surface area contributed by atoms with Crippen LogP contribution in [0.3, 0.4) is 0 Å². The highest BCUT2D eigenvalue weighted by Gasteiger charge is 2.16. The van der Waals surface area contributed by atoms with Gasteiger partial charge in [-0.25, -0.2) is 4.68 Å². The number of hydrogen-bond donors (Lipinski definition) is 2. The number of rotatable bonds is 6. The summed E-state index contributed by atoms with van der Waals surface area (Å²) in [6, 6.07) is 16.0. The average Bonchev–Trinajstić information content (AvgIpc) is 3.00. The lowest BCUT2D eigenvalue weighted by atomic mass is 10.0. The number of nitriles is 1. The van der Waals surface area contributed by atoms with Crippen molar-refractivity contribution in [1.29, 1.82) is 5.26 Å². The summed E-state index contributed by atoms with van der Waals surface area (Å²) in [5.41, 5.74) is 6.81. The molecule has 0 radical (unpaired) electrons. The second-order valence-electron chi connectivity index (χ2n) is 5.97. The number of fused-ring (bicyclic) bond motifs is 1. The number of thioether (sulfide) groups is 1. The molecule has 0 unspecified atom stereocenters. The zero-order valence-electron chi connectivity index (χ0n) is 14.7. The summed E-state index contributed by atoms with van der Waals surface area (Å²) in [7, 11) is 0. The van der Waals surface area contributed by atoms with Gasteiger partial charge in [0.2, 0.25) is 5.16 Å². The van der Waals surface area contributed by atoms with Gasteiger partial charge in [-0.05, 0) is 23.3 Å². The van der Waals surface area contributed by atoms with E-state index >= 15 is 0 Å². The molecule has 0 amide bonds. The van der Waals surface area contributed by atoms with Crippen molar-refractivity contribution < 1.29 is 4.79 Å². The molecule has 0 saturated heterocycles. The van der Waals surface area contributed by atoms with Crippen molar-refractivity contribution in [2.45, 2.75) is 18.5 Å². The lowest BCUT2D eigenvalue weighted by Crippen LogP contribution is -2.16. The van der Waals surface area contributed by atoms with Gasteiger partial charge in [0.15, 0.2) is 11.6 Å². The molecule has 3 aromatic rings. The SMILES string of the molecule is CC(N)=C(C#N)C(=O)CSc1nnc(Cc2cccc3ccccc23)n1N. The molecule has 8 heteroatoms. The van der Waals surface area contributed by atoms with Crippen LogP contribution in [0.2, 0.25) is 0 Å². The summed E-state index contributed by atoms with van der Waals surface area (Å²) < 4.78 is 1.38. The van der Waals surface area contributed by atoms with E-state index < -0.39 is 0 Å². The molecule has 0 aliphatic carbocycles. The van der Waals surface area contributed by atoms with Crippen molar-refractivity contribution in [3.8, 4) is 6.07 Å². The molecule has 4 N–H and O–H groups in total. The quantitative estimate of drug-likeness (QED) is 0.291. The minimum Gasteiger partial charge on any atom is -0.401 e. The van der Waals surface area contributed by atoms with E-state index in [9.17, 15) is 4.79 Å². The van der Waals surface area contributed by atoms with Crippen LogP contribution in [0.4, 0.5) is 0 Å². The number of carbonyl (C=O) groups excluding carboxylic acids is 1. The van der Waals surface area contributed by atoms with Crippen molar-refractivity contribution in [3.05, 3.63) is 65.1 Å². The Bertz CT molecular complexity index is 1070. The minimum absolute atomic E-state index is 0.0149. The fourth-order valence-corrected chi connectivity index (χ4v) is 3.46. The van der Waals surface area contributed by atoms with Gasteiger partial charge in [-0.15, -0.1) is 10.2 Å². The Kier molecular flexibility index (Phi) is 5.43. The highest BCUT2D eigenvalue weighted by Crippen LogP contribution is 2.22. The summed E-state index contributed by atoms with van der Waals surface area (Å²) in [6.07, 6.45) is 0.518. The Morgan fingerprint density at radius 2 is 1.96 bits per heavy atom. The second kappa shape index (κ2) is 7.93. The molecule has 1 heterocycles. The molecule has 0 saturated carbocycles.